The number of hydrazine groups is 1. The van der Waals surface area contributed by atoms with Crippen LogP contribution in [-0.2, 0) is 4.79 Å². The third kappa shape index (κ3) is 2.10. The van der Waals surface area contributed by atoms with Crippen LogP contribution in [-0.4, -0.2) is 12.5 Å². The molecule has 3 N–H and O–H groups in total. The summed E-state index contributed by atoms with van der Waals surface area (Å²) in [6.45, 7) is 4.52. The third-order valence-electron chi connectivity index (χ3n) is 3.79. The van der Waals surface area contributed by atoms with Crippen molar-refractivity contribution >= 4 is 17.3 Å². The number of rotatable bonds is 3. The van der Waals surface area contributed by atoms with E-state index in [1.54, 1.807) is 0 Å². The monoisotopic (exact) mass is 279 g/mol. The van der Waals surface area contributed by atoms with Crippen molar-refractivity contribution in [3.05, 3.63) is 72.3 Å². The van der Waals surface area contributed by atoms with Crippen LogP contribution in [0.5, 0.6) is 0 Å². The average molecular weight is 279 g/mol. The number of carbonyl (C=O) groups is 1. The zero-order valence-corrected chi connectivity index (χ0v) is 11.6. The molecule has 0 atom stereocenters. The number of fused-ring (bicyclic) bond motifs is 2. The van der Waals surface area contributed by atoms with Crippen molar-refractivity contribution in [1.29, 1.82) is 0 Å². The van der Waals surface area contributed by atoms with Gasteiger partial charge >= 0.3 is 0 Å². The predicted octanol–water partition coefficient (Wildman–Crippen LogP) is 2.45. The first-order chi connectivity index (χ1) is 10.3. The number of nitrogens with one attached hydrogen (secondary N) is 1. The molecule has 0 saturated carbocycles. The Bertz CT molecular complexity index is 648. The van der Waals surface area contributed by atoms with Gasteiger partial charge in [-0.1, -0.05) is 42.5 Å². The van der Waals surface area contributed by atoms with Gasteiger partial charge in [-0.2, -0.15) is 0 Å². The molecule has 0 radical (unpaired) electrons. The number of benzene rings is 2. The van der Waals surface area contributed by atoms with E-state index >= 15 is 0 Å². The van der Waals surface area contributed by atoms with Crippen LogP contribution in [0.15, 0.2) is 61.2 Å². The molecule has 21 heavy (non-hydrogen) atoms. The van der Waals surface area contributed by atoms with Crippen LogP contribution >= 0.6 is 0 Å². The van der Waals surface area contributed by atoms with Crippen LogP contribution in [0.1, 0.15) is 17.0 Å². The summed E-state index contributed by atoms with van der Waals surface area (Å²) in [7, 11) is 0. The summed E-state index contributed by atoms with van der Waals surface area (Å²) in [5, 5.41) is 0. The molecule has 0 spiro atoms. The number of hydrogen-bond donors (Lipinski definition) is 2. The van der Waals surface area contributed by atoms with E-state index in [1.165, 1.54) is 0 Å². The Hall–Kier alpha value is -2.59. The minimum Gasteiger partial charge on any atom is -0.337 e. The second kappa shape index (κ2) is 5.42. The third-order valence-corrected chi connectivity index (χ3v) is 3.79. The van der Waals surface area contributed by atoms with Gasteiger partial charge in [0.05, 0.1) is 5.92 Å². The number of nitrogens with zero attached hydrogens (tertiary/aromatic N) is 1. The molecule has 0 aromatic heterocycles. The Morgan fingerprint density at radius 1 is 1.14 bits per heavy atom. The first-order valence-corrected chi connectivity index (χ1v) is 6.84. The molecule has 1 aliphatic heterocycles. The summed E-state index contributed by atoms with van der Waals surface area (Å²) < 4.78 is 0. The van der Waals surface area contributed by atoms with Gasteiger partial charge in [-0.15, -0.1) is 6.58 Å². The molecular weight excluding hydrogens is 262 g/mol. The lowest BCUT2D eigenvalue weighted by Crippen LogP contribution is -2.38. The number of nitrogens with two attached hydrogens (primary N) is 1. The zero-order valence-electron chi connectivity index (χ0n) is 11.6. The number of carbonyl (C=O) groups excluding carboxylic acids is 1. The first kappa shape index (κ1) is 13.4. The molecule has 2 aromatic rings. The summed E-state index contributed by atoms with van der Waals surface area (Å²) in [5.74, 6) is 4.79. The molecule has 4 nitrogen and oxygen atoms in total. The molecule has 0 unspecified atom stereocenters. The minimum absolute atomic E-state index is 0.201. The lowest BCUT2D eigenvalue weighted by molar-refractivity contribution is -0.121. The highest BCUT2D eigenvalue weighted by molar-refractivity contribution is 5.94. The number of hydrogen-bond acceptors (Lipinski definition) is 3. The topological polar surface area (TPSA) is 58.4 Å². The van der Waals surface area contributed by atoms with Gasteiger partial charge in [0, 0.05) is 17.9 Å². The minimum atomic E-state index is -0.386. The molecule has 1 aliphatic rings. The molecule has 0 aliphatic carbocycles. The van der Waals surface area contributed by atoms with E-state index in [9.17, 15) is 4.79 Å². The quantitative estimate of drug-likeness (QED) is 0.393. The summed E-state index contributed by atoms with van der Waals surface area (Å²) >= 11 is 0. The van der Waals surface area contributed by atoms with Crippen molar-refractivity contribution in [2.45, 2.75) is 5.92 Å². The molecule has 0 saturated heterocycles. The number of anilines is 2. The van der Waals surface area contributed by atoms with Crippen molar-refractivity contribution < 1.29 is 4.79 Å². The second-order valence-corrected chi connectivity index (χ2v) is 4.96. The molecule has 2 aromatic carbocycles. The predicted molar refractivity (Wildman–Crippen MR) is 84.3 cm³/mol. The molecule has 0 bridgehead atoms. The maximum atomic E-state index is 12.3. The van der Waals surface area contributed by atoms with Crippen LogP contribution in [0.4, 0.5) is 11.4 Å². The summed E-state index contributed by atoms with van der Waals surface area (Å²) in [4.78, 5) is 14.4. The van der Waals surface area contributed by atoms with Gasteiger partial charge < -0.3 is 4.90 Å². The van der Waals surface area contributed by atoms with Crippen LogP contribution in [0.25, 0.3) is 0 Å². The maximum absolute atomic E-state index is 12.3. The second-order valence-electron chi connectivity index (χ2n) is 4.96. The van der Waals surface area contributed by atoms with E-state index in [-0.39, 0.29) is 11.8 Å². The highest BCUT2D eigenvalue weighted by Crippen LogP contribution is 2.45. The van der Waals surface area contributed by atoms with Gasteiger partial charge in [-0.25, -0.2) is 5.84 Å². The molecule has 4 heteroatoms. The fraction of sp³-hybridized carbons (Fsp3) is 0.118. The Labute approximate surface area is 123 Å². The SMILES string of the molecule is C=CCN1c2ccccc2C(C(=O)NN)c2ccccc21. The van der Waals surface area contributed by atoms with E-state index in [4.69, 9.17) is 5.84 Å². The van der Waals surface area contributed by atoms with E-state index in [1.807, 2.05) is 54.6 Å². The average Bonchev–Trinajstić information content (AvgIpc) is 2.54. The normalized spacial score (nSPS) is 13.3. The highest BCUT2D eigenvalue weighted by atomic mass is 16.2. The standard InChI is InChI=1S/C17H17N3O/c1-2-11-20-14-9-5-3-7-12(14)16(17(21)19-18)13-8-4-6-10-15(13)20/h2-10,16H,1,11,18H2,(H,19,21). The van der Waals surface area contributed by atoms with Gasteiger partial charge in [-0.3, -0.25) is 10.2 Å². The maximum Gasteiger partial charge on any atom is 0.246 e. The van der Waals surface area contributed by atoms with Gasteiger partial charge in [0.2, 0.25) is 5.91 Å². The summed E-state index contributed by atoms with van der Waals surface area (Å²) in [6, 6.07) is 15.8. The summed E-state index contributed by atoms with van der Waals surface area (Å²) in [6.07, 6.45) is 1.86. The van der Waals surface area contributed by atoms with Gasteiger partial charge in [0.1, 0.15) is 0 Å². The lowest BCUT2D eigenvalue weighted by atomic mass is 9.84. The van der Waals surface area contributed by atoms with Crippen molar-refractivity contribution in [1.82, 2.24) is 5.43 Å². The van der Waals surface area contributed by atoms with Crippen molar-refractivity contribution in [3.63, 3.8) is 0 Å². The van der Waals surface area contributed by atoms with Gasteiger partial charge in [-0.05, 0) is 23.3 Å². The number of amides is 1. The molecular formula is C17H17N3O. The molecule has 1 amide bonds. The van der Waals surface area contributed by atoms with E-state index in [0.29, 0.717) is 6.54 Å². The first-order valence-electron chi connectivity index (χ1n) is 6.84. The van der Waals surface area contributed by atoms with Crippen LogP contribution < -0.4 is 16.2 Å². The summed E-state index contributed by atoms with van der Waals surface area (Å²) in [5.41, 5.74) is 6.24. The molecule has 1 heterocycles. The van der Waals surface area contributed by atoms with Crippen molar-refractivity contribution in [2.24, 2.45) is 5.84 Å². The van der Waals surface area contributed by atoms with Crippen LogP contribution in [0, 0.1) is 0 Å². The highest BCUT2D eigenvalue weighted by Gasteiger charge is 2.33. The van der Waals surface area contributed by atoms with Gasteiger partial charge in [0.15, 0.2) is 0 Å². The fourth-order valence-corrected chi connectivity index (χ4v) is 2.94. The molecule has 106 valence electrons. The van der Waals surface area contributed by atoms with E-state index in [0.717, 1.165) is 22.5 Å². The Balaban J connectivity index is 2.25. The van der Waals surface area contributed by atoms with Crippen molar-refractivity contribution in [2.75, 3.05) is 11.4 Å². The van der Waals surface area contributed by atoms with E-state index < -0.39 is 0 Å². The number of para-hydroxylation sites is 2. The van der Waals surface area contributed by atoms with Crippen LogP contribution in [0.2, 0.25) is 0 Å². The Kier molecular flexibility index (Phi) is 3.46. The zero-order chi connectivity index (χ0) is 14.8. The molecule has 3 rings (SSSR count). The van der Waals surface area contributed by atoms with Crippen molar-refractivity contribution in [3.8, 4) is 0 Å². The van der Waals surface area contributed by atoms with Crippen LogP contribution in [0.3, 0.4) is 0 Å². The van der Waals surface area contributed by atoms with E-state index in [2.05, 4.69) is 16.9 Å². The smallest absolute Gasteiger partial charge is 0.246 e. The largest absolute Gasteiger partial charge is 0.337 e. The lowest BCUT2D eigenvalue weighted by Gasteiger charge is -2.36. The van der Waals surface area contributed by atoms with Gasteiger partial charge in [0.25, 0.3) is 0 Å². The fourth-order valence-electron chi connectivity index (χ4n) is 2.94. The Morgan fingerprint density at radius 2 is 1.67 bits per heavy atom. The molecule has 0 fully saturated rings. The Morgan fingerprint density at radius 3 is 2.14 bits per heavy atom.